The Morgan fingerprint density at radius 1 is 1.09 bits per heavy atom. The number of nitrogens with one attached hydrogen (secondary N) is 1. The second-order valence-corrected chi connectivity index (χ2v) is 6.97. The standard InChI is InChI=1S/C19H23NOS/c1-5-13-6-9-15(10-7-13)20-18(21)16-12-14(19(2,3)4)8-11-17(16)22/h6-12,22H,5H2,1-4H3,(H,20,21). The summed E-state index contributed by atoms with van der Waals surface area (Å²) in [4.78, 5) is 13.2. The van der Waals surface area contributed by atoms with E-state index in [2.05, 4.69) is 45.6 Å². The molecule has 116 valence electrons. The lowest BCUT2D eigenvalue weighted by Crippen LogP contribution is -2.16. The molecule has 0 fully saturated rings. The number of hydrogen-bond donors (Lipinski definition) is 2. The molecule has 3 heteroatoms. The van der Waals surface area contributed by atoms with Crippen molar-refractivity contribution in [1.29, 1.82) is 0 Å². The zero-order valence-corrected chi connectivity index (χ0v) is 14.5. The third-order valence-corrected chi connectivity index (χ3v) is 4.12. The lowest BCUT2D eigenvalue weighted by Gasteiger charge is -2.20. The molecule has 2 rings (SSSR count). The van der Waals surface area contributed by atoms with Gasteiger partial charge in [0.2, 0.25) is 0 Å². The van der Waals surface area contributed by atoms with Crippen LogP contribution >= 0.6 is 12.6 Å². The molecule has 0 atom stereocenters. The average Bonchev–Trinajstić information content (AvgIpc) is 2.47. The minimum atomic E-state index is -0.125. The number of aryl methyl sites for hydroxylation is 1. The molecular formula is C19H23NOS. The van der Waals surface area contributed by atoms with E-state index in [9.17, 15) is 4.79 Å². The molecule has 0 unspecified atom stereocenters. The molecule has 1 amide bonds. The number of hydrogen-bond acceptors (Lipinski definition) is 2. The van der Waals surface area contributed by atoms with Gasteiger partial charge in [-0.15, -0.1) is 12.6 Å². The minimum absolute atomic E-state index is 0.000712. The Kier molecular flexibility index (Phi) is 4.97. The van der Waals surface area contributed by atoms with Gasteiger partial charge in [-0.25, -0.2) is 0 Å². The fourth-order valence-corrected chi connectivity index (χ4v) is 2.45. The van der Waals surface area contributed by atoms with Crippen molar-refractivity contribution in [1.82, 2.24) is 0 Å². The van der Waals surface area contributed by atoms with Gasteiger partial charge >= 0.3 is 0 Å². The number of benzene rings is 2. The maximum Gasteiger partial charge on any atom is 0.256 e. The number of anilines is 1. The first-order valence-corrected chi connectivity index (χ1v) is 8.00. The molecule has 0 bridgehead atoms. The lowest BCUT2D eigenvalue weighted by atomic mass is 9.86. The summed E-state index contributed by atoms with van der Waals surface area (Å²) in [5.74, 6) is -0.125. The van der Waals surface area contributed by atoms with Crippen LogP contribution in [0.15, 0.2) is 47.4 Å². The van der Waals surface area contributed by atoms with Crippen LogP contribution in [0.3, 0.4) is 0 Å². The summed E-state index contributed by atoms with van der Waals surface area (Å²) in [7, 11) is 0. The van der Waals surface area contributed by atoms with Gasteiger partial charge in [0, 0.05) is 10.6 Å². The fraction of sp³-hybridized carbons (Fsp3) is 0.316. The van der Waals surface area contributed by atoms with E-state index in [0.717, 1.165) is 17.7 Å². The third kappa shape index (κ3) is 3.92. The van der Waals surface area contributed by atoms with Gasteiger partial charge in [0.1, 0.15) is 0 Å². The average molecular weight is 313 g/mol. The van der Waals surface area contributed by atoms with Gasteiger partial charge in [-0.3, -0.25) is 4.79 Å². The van der Waals surface area contributed by atoms with E-state index in [1.54, 1.807) is 0 Å². The van der Waals surface area contributed by atoms with E-state index in [0.29, 0.717) is 10.5 Å². The van der Waals surface area contributed by atoms with Crippen LogP contribution < -0.4 is 5.32 Å². The number of carbonyl (C=O) groups is 1. The van der Waals surface area contributed by atoms with Crippen molar-refractivity contribution >= 4 is 24.2 Å². The monoisotopic (exact) mass is 313 g/mol. The number of rotatable bonds is 3. The highest BCUT2D eigenvalue weighted by Gasteiger charge is 2.17. The predicted octanol–water partition coefficient (Wildman–Crippen LogP) is 5.09. The van der Waals surface area contributed by atoms with Crippen molar-refractivity contribution < 1.29 is 4.79 Å². The Bertz CT molecular complexity index is 669. The van der Waals surface area contributed by atoms with Crippen LogP contribution in [0, 0.1) is 0 Å². The molecule has 2 aromatic carbocycles. The summed E-state index contributed by atoms with van der Waals surface area (Å²) in [5, 5.41) is 2.94. The van der Waals surface area contributed by atoms with E-state index >= 15 is 0 Å². The van der Waals surface area contributed by atoms with Crippen molar-refractivity contribution in [2.75, 3.05) is 5.32 Å². The lowest BCUT2D eigenvalue weighted by molar-refractivity contribution is 0.102. The Balaban J connectivity index is 2.25. The van der Waals surface area contributed by atoms with Gasteiger partial charge in [0.25, 0.3) is 5.91 Å². The molecule has 0 spiro atoms. The molecule has 0 aliphatic rings. The van der Waals surface area contributed by atoms with E-state index in [1.165, 1.54) is 5.56 Å². The first-order chi connectivity index (χ1) is 10.3. The van der Waals surface area contributed by atoms with Crippen molar-refractivity contribution in [2.45, 2.75) is 44.4 Å². The number of thiol groups is 1. The van der Waals surface area contributed by atoms with Crippen LogP contribution in [0.2, 0.25) is 0 Å². The first-order valence-electron chi connectivity index (χ1n) is 7.55. The maximum atomic E-state index is 12.5. The van der Waals surface area contributed by atoms with Crippen LogP contribution in [0.4, 0.5) is 5.69 Å². The van der Waals surface area contributed by atoms with Gasteiger partial charge < -0.3 is 5.32 Å². The molecule has 0 heterocycles. The molecule has 2 aromatic rings. The molecule has 2 nitrogen and oxygen atoms in total. The zero-order valence-electron chi connectivity index (χ0n) is 13.6. The first kappa shape index (κ1) is 16.6. The minimum Gasteiger partial charge on any atom is -0.322 e. The molecule has 22 heavy (non-hydrogen) atoms. The Hall–Kier alpha value is -1.74. The summed E-state index contributed by atoms with van der Waals surface area (Å²) < 4.78 is 0. The topological polar surface area (TPSA) is 29.1 Å². The summed E-state index contributed by atoms with van der Waals surface area (Å²) in [6, 6.07) is 13.8. The molecule has 0 aliphatic carbocycles. The highest BCUT2D eigenvalue weighted by molar-refractivity contribution is 7.80. The van der Waals surface area contributed by atoms with Crippen LogP contribution in [0.5, 0.6) is 0 Å². The highest BCUT2D eigenvalue weighted by Crippen LogP contribution is 2.26. The van der Waals surface area contributed by atoms with Crippen LogP contribution in [0.25, 0.3) is 0 Å². The van der Waals surface area contributed by atoms with Gasteiger partial charge in [0.15, 0.2) is 0 Å². The summed E-state index contributed by atoms with van der Waals surface area (Å²) in [6.45, 7) is 8.50. The van der Waals surface area contributed by atoms with E-state index < -0.39 is 0 Å². The van der Waals surface area contributed by atoms with Crippen molar-refractivity contribution in [3.8, 4) is 0 Å². The largest absolute Gasteiger partial charge is 0.322 e. The highest BCUT2D eigenvalue weighted by atomic mass is 32.1. The molecule has 0 aliphatic heterocycles. The maximum absolute atomic E-state index is 12.5. The molecule has 0 radical (unpaired) electrons. The Morgan fingerprint density at radius 2 is 1.73 bits per heavy atom. The third-order valence-electron chi connectivity index (χ3n) is 3.73. The summed E-state index contributed by atoms with van der Waals surface area (Å²) in [5.41, 5.74) is 3.78. The zero-order chi connectivity index (χ0) is 16.3. The quantitative estimate of drug-likeness (QED) is 0.760. The van der Waals surface area contributed by atoms with Gasteiger partial charge in [0.05, 0.1) is 5.56 Å². The van der Waals surface area contributed by atoms with Crippen molar-refractivity contribution in [2.24, 2.45) is 0 Å². The van der Waals surface area contributed by atoms with Gasteiger partial charge in [-0.1, -0.05) is 45.9 Å². The Morgan fingerprint density at radius 3 is 2.27 bits per heavy atom. The van der Waals surface area contributed by atoms with Gasteiger partial charge in [-0.05, 0) is 47.2 Å². The normalized spacial score (nSPS) is 11.3. The predicted molar refractivity (Wildman–Crippen MR) is 96.2 cm³/mol. The van der Waals surface area contributed by atoms with Crippen LogP contribution in [-0.4, -0.2) is 5.91 Å². The molecule has 0 aromatic heterocycles. The fourth-order valence-electron chi connectivity index (χ4n) is 2.21. The smallest absolute Gasteiger partial charge is 0.256 e. The molecule has 0 saturated heterocycles. The molecule has 0 saturated carbocycles. The number of amides is 1. The van der Waals surface area contributed by atoms with Gasteiger partial charge in [-0.2, -0.15) is 0 Å². The molecule has 1 N–H and O–H groups in total. The summed E-state index contributed by atoms with van der Waals surface area (Å²) >= 11 is 4.42. The van der Waals surface area contributed by atoms with Crippen LogP contribution in [-0.2, 0) is 11.8 Å². The summed E-state index contributed by atoms with van der Waals surface area (Å²) in [6.07, 6.45) is 0.989. The van der Waals surface area contributed by atoms with Crippen LogP contribution in [0.1, 0.15) is 49.2 Å². The second-order valence-electron chi connectivity index (χ2n) is 6.49. The SMILES string of the molecule is CCc1ccc(NC(=O)c2cc(C(C)(C)C)ccc2S)cc1. The van der Waals surface area contributed by atoms with E-state index in [1.807, 2.05) is 42.5 Å². The Labute approximate surface area is 138 Å². The molecular weight excluding hydrogens is 290 g/mol. The number of carbonyl (C=O) groups excluding carboxylic acids is 1. The van der Waals surface area contributed by atoms with Crippen molar-refractivity contribution in [3.05, 3.63) is 59.2 Å². The van der Waals surface area contributed by atoms with E-state index in [-0.39, 0.29) is 11.3 Å². The second kappa shape index (κ2) is 6.57. The van der Waals surface area contributed by atoms with E-state index in [4.69, 9.17) is 0 Å². The van der Waals surface area contributed by atoms with Crippen molar-refractivity contribution in [3.63, 3.8) is 0 Å².